The number of anilines is 1. The van der Waals surface area contributed by atoms with E-state index in [4.69, 9.17) is 4.74 Å². The van der Waals surface area contributed by atoms with Gasteiger partial charge < -0.3 is 15.2 Å². The van der Waals surface area contributed by atoms with Crippen molar-refractivity contribution in [2.24, 2.45) is 0 Å². The summed E-state index contributed by atoms with van der Waals surface area (Å²) >= 11 is 1.11. The lowest BCUT2D eigenvalue weighted by Gasteiger charge is -2.10. The Hall–Kier alpha value is -3.53. The lowest BCUT2D eigenvalue weighted by molar-refractivity contribution is -0.137. The third kappa shape index (κ3) is 3.87. The second-order valence-corrected chi connectivity index (χ2v) is 7.04. The first kappa shape index (κ1) is 18.8. The summed E-state index contributed by atoms with van der Waals surface area (Å²) in [4.78, 5) is 12.5. The molecule has 2 aromatic carbocycles. The van der Waals surface area contributed by atoms with Gasteiger partial charge in [-0.05, 0) is 48.5 Å². The number of aromatic nitrogens is 2. The molecule has 10 heteroatoms. The van der Waals surface area contributed by atoms with Crippen LogP contribution in [0.25, 0.3) is 10.2 Å². The van der Waals surface area contributed by atoms with Gasteiger partial charge >= 0.3 is 6.18 Å². The molecule has 0 saturated heterocycles. The van der Waals surface area contributed by atoms with Crippen molar-refractivity contribution in [2.75, 3.05) is 5.32 Å². The number of carbonyl (C=O) groups is 1. The number of aromatic amines is 1. The van der Waals surface area contributed by atoms with Crippen LogP contribution in [0.1, 0.15) is 15.2 Å². The van der Waals surface area contributed by atoms with Crippen LogP contribution in [0.15, 0.2) is 54.7 Å². The highest BCUT2D eigenvalue weighted by molar-refractivity contribution is 7.21. The van der Waals surface area contributed by atoms with E-state index in [0.29, 0.717) is 21.7 Å². The fourth-order valence-electron chi connectivity index (χ4n) is 2.59. The minimum absolute atomic E-state index is 0.152. The average molecular weight is 419 g/mol. The number of alkyl halides is 3. The number of H-pyrrole nitrogens is 1. The van der Waals surface area contributed by atoms with Gasteiger partial charge in [0, 0.05) is 5.69 Å². The molecular formula is C19H12F3N3O3S. The summed E-state index contributed by atoms with van der Waals surface area (Å²) in [5.41, 5.74) is 0.108. The largest absolute Gasteiger partial charge is 0.504 e. The maximum atomic E-state index is 12.6. The number of amides is 1. The van der Waals surface area contributed by atoms with Crippen molar-refractivity contribution >= 4 is 33.1 Å². The molecule has 0 saturated carbocycles. The standard InChI is InChI=1S/C19H12F3N3O3S/c20-19(21,22)10-1-5-12(6-2-10)28-13-7-3-11(4-8-13)24-18(27)17-16(26)15-14(29-17)9-23-25-15/h1-9,26H,(H,23,25)(H,24,27). The lowest BCUT2D eigenvalue weighted by Crippen LogP contribution is -2.10. The molecule has 0 atom stereocenters. The summed E-state index contributed by atoms with van der Waals surface area (Å²) in [5, 5.41) is 19.2. The summed E-state index contributed by atoms with van der Waals surface area (Å²) in [6, 6.07) is 10.6. The Bertz CT molecular complexity index is 1170. The molecule has 0 aliphatic carbocycles. The van der Waals surface area contributed by atoms with Crippen molar-refractivity contribution < 1.29 is 27.8 Å². The average Bonchev–Trinajstić information content (AvgIpc) is 3.26. The van der Waals surface area contributed by atoms with Crippen LogP contribution in [0.4, 0.5) is 18.9 Å². The number of rotatable bonds is 4. The Balaban J connectivity index is 1.43. The molecule has 0 aliphatic heterocycles. The molecule has 0 radical (unpaired) electrons. The molecule has 0 aliphatic rings. The lowest BCUT2D eigenvalue weighted by atomic mass is 10.2. The Morgan fingerprint density at radius 3 is 2.28 bits per heavy atom. The highest BCUT2D eigenvalue weighted by Crippen LogP contribution is 2.36. The van der Waals surface area contributed by atoms with E-state index in [1.165, 1.54) is 18.3 Å². The normalized spacial score (nSPS) is 11.6. The second-order valence-electron chi connectivity index (χ2n) is 5.99. The summed E-state index contributed by atoms with van der Waals surface area (Å²) in [5.74, 6) is -0.00106. The van der Waals surface area contributed by atoms with Crippen LogP contribution in [-0.2, 0) is 6.18 Å². The van der Waals surface area contributed by atoms with E-state index in [1.54, 1.807) is 24.3 Å². The number of fused-ring (bicyclic) bond motifs is 1. The number of halogens is 3. The molecule has 148 valence electrons. The van der Waals surface area contributed by atoms with Gasteiger partial charge in [0.2, 0.25) is 0 Å². The fourth-order valence-corrected chi connectivity index (χ4v) is 3.50. The molecule has 4 aromatic rings. The smallest absolute Gasteiger partial charge is 0.416 e. The van der Waals surface area contributed by atoms with Gasteiger partial charge in [-0.15, -0.1) is 11.3 Å². The molecule has 0 fully saturated rings. The third-order valence-corrected chi connectivity index (χ3v) is 5.12. The fraction of sp³-hybridized carbons (Fsp3) is 0.0526. The van der Waals surface area contributed by atoms with Crippen molar-refractivity contribution in [1.29, 1.82) is 0 Å². The van der Waals surface area contributed by atoms with Crippen molar-refractivity contribution in [2.45, 2.75) is 6.18 Å². The van der Waals surface area contributed by atoms with E-state index in [9.17, 15) is 23.1 Å². The number of carbonyl (C=O) groups excluding carboxylic acids is 1. The first-order valence-corrected chi connectivity index (χ1v) is 9.04. The van der Waals surface area contributed by atoms with E-state index in [-0.39, 0.29) is 16.4 Å². The number of nitrogens with zero attached hydrogens (tertiary/aromatic N) is 1. The topological polar surface area (TPSA) is 87.2 Å². The predicted octanol–water partition coefficient (Wildman–Crippen LogP) is 5.39. The number of hydrogen-bond acceptors (Lipinski definition) is 5. The zero-order valence-electron chi connectivity index (χ0n) is 14.4. The van der Waals surface area contributed by atoms with Gasteiger partial charge in [-0.1, -0.05) is 0 Å². The van der Waals surface area contributed by atoms with Gasteiger partial charge in [0.05, 0.1) is 16.5 Å². The predicted molar refractivity (Wildman–Crippen MR) is 102 cm³/mol. The van der Waals surface area contributed by atoms with E-state index < -0.39 is 17.6 Å². The minimum atomic E-state index is -4.40. The van der Waals surface area contributed by atoms with Crippen LogP contribution >= 0.6 is 11.3 Å². The molecule has 2 aromatic heterocycles. The minimum Gasteiger partial charge on any atom is -0.504 e. The van der Waals surface area contributed by atoms with Crippen molar-refractivity contribution in [1.82, 2.24) is 10.2 Å². The Kier molecular flexibility index (Phi) is 4.63. The number of hydrogen-bond donors (Lipinski definition) is 3. The quantitative estimate of drug-likeness (QED) is 0.414. The van der Waals surface area contributed by atoms with Crippen molar-refractivity contribution in [3.05, 3.63) is 65.2 Å². The van der Waals surface area contributed by atoms with Crippen LogP contribution in [-0.4, -0.2) is 21.2 Å². The summed E-state index contributed by atoms with van der Waals surface area (Å²) in [7, 11) is 0. The summed E-state index contributed by atoms with van der Waals surface area (Å²) in [6.45, 7) is 0. The Labute approximate surface area is 165 Å². The Morgan fingerprint density at radius 1 is 1.07 bits per heavy atom. The molecule has 2 heterocycles. The van der Waals surface area contributed by atoms with E-state index >= 15 is 0 Å². The van der Waals surface area contributed by atoms with Crippen LogP contribution in [0.2, 0.25) is 0 Å². The molecule has 6 nitrogen and oxygen atoms in total. The summed E-state index contributed by atoms with van der Waals surface area (Å²) in [6.07, 6.45) is -2.89. The first-order chi connectivity index (χ1) is 13.8. The molecule has 3 N–H and O–H groups in total. The number of aromatic hydroxyl groups is 1. The SMILES string of the molecule is O=C(Nc1ccc(Oc2ccc(C(F)(F)F)cc2)cc1)c1sc2cn[nH]c2c1O. The maximum absolute atomic E-state index is 12.6. The highest BCUT2D eigenvalue weighted by Gasteiger charge is 2.30. The number of thiophene rings is 1. The Morgan fingerprint density at radius 2 is 1.69 bits per heavy atom. The second kappa shape index (κ2) is 7.13. The highest BCUT2D eigenvalue weighted by atomic mass is 32.1. The number of ether oxygens (including phenoxy) is 1. The third-order valence-electron chi connectivity index (χ3n) is 4.00. The van der Waals surface area contributed by atoms with Gasteiger partial charge in [0.1, 0.15) is 21.9 Å². The maximum Gasteiger partial charge on any atom is 0.416 e. The van der Waals surface area contributed by atoms with E-state index in [1.807, 2.05) is 0 Å². The molecule has 0 spiro atoms. The molecule has 4 rings (SSSR count). The van der Waals surface area contributed by atoms with E-state index in [2.05, 4.69) is 15.5 Å². The molecule has 29 heavy (non-hydrogen) atoms. The first-order valence-electron chi connectivity index (χ1n) is 8.22. The molecule has 0 bridgehead atoms. The monoisotopic (exact) mass is 419 g/mol. The van der Waals surface area contributed by atoms with Crippen molar-refractivity contribution in [3.63, 3.8) is 0 Å². The molecular weight excluding hydrogens is 407 g/mol. The van der Waals surface area contributed by atoms with Gasteiger partial charge in [-0.3, -0.25) is 9.89 Å². The van der Waals surface area contributed by atoms with Gasteiger partial charge in [-0.2, -0.15) is 18.3 Å². The van der Waals surface area contributed by atoms with Crippen LogP contribution in [0.3, 0.4) is 0 Å². The van der Waals surface area contributed by atoms with Crippen LogP contribution in [0.5, 0.6) is 17.2 Å². The zero-order chi connectivity index (χ0) is 20.6. The summed E-state index contributed by atoms with van der Waals surface area (Å²) < 4.78 is 43.9. The number of benzene rings is 2. The molecule has 1 amide bonds. The van der Waals surface area contributed by atoms with Crippen LogP contribution in [0, 0.1) is 0 Å². The number of nitrogens with one attached hydrogen (secondary N) is 2. The van der Waals surface area contributed by atoms with Gasteiger partial charge in [0.15, 0.2) is 5.75 Å². The van der Waals surface area contributed by atoms with E-state index in [0.717, 1.165) is 23.5 Å². The zero-order valence-corrected chi connectivity index (χ0v) is 15.3. The van der Waals surface area contributed by atoms with Gasteiger partial charge in [-0.25, -0.2) is 0 Å². The van der Waals surface area contributed by atoms with Gasteiger partial charge in [0.25, 0.3) is 5.91 Å². The molecule has 0 unspecified atom stereocenters. The van der Waals surface area contributed by atoms with Crippen molar-refractivity contribution in [3.8, 4) is 17.2 Å². The van der Waals surface area contributed by atoms with Crippen LogP contribution < -0.4 is 10.1 Å².